The zero-order chi connectivity index (χ0) is 24.1. The first-order valence-electron chi connectivity index (χ1n) is 9.95. The highest BCUT2D eigenvalue weighted by atomic mass is 35.5. The molecule has 0 heterocycles. The molecule has 0 aliphatic carbocycles. The van der Waals surface area contributed by atoms with Crippen LogP contribution in [0.15, 0.2) is 47.4 Å². The number of carbonyl (C=O) groups excluding carboxylic acids is 2. The second-order valence-corrected chi connectivity index (χ2v) is 10.7. The van der Waals surface area contributed by atoms with Crippen molar-refractivity contribution < 1.29 is 22.7 Å². The van der Waals surface area contributed by atoms with Crippen LogP contribution < -0.4 is 15.4 Å². The third-order valence-electron chi connectivity index (χ3n) is 3.84. The summed E-state index contributed by atoms with van der Waals surface area (Å²) >= 11 is 6.09. The third kappa shape index (κ3) is 7.81. The number of ether oxygens (including phenoxy) is 1. The number of amides is 2. The number of hydrogen-bond acceptors (Lipinski definition) is 5. The summed E-state index contributed by atoms with van der Waals surface area (Å²) in [5, 5.41) is 5.27. The van der Waals surface area contributed by atoms with Gasteiger partial charge in [0.15, 0.2) is 0 Å². The van der Waals surface area contributed by atoms with Crippen molar-refractivity contribution in [3.63, 3.8) is 0 Å². The molecule has 0 unspecified atom stereocenters. The van der Waals surface area contributed by atoms with E-state index in [1.165, 1.54) is 18.2 Å². The number of nitrogens with one attached hydrogen (secondary N) is 3. The molecule has 0 atom stereocenters. The van der Waals surface area contributed by atoms with Crippen LogP contribution in [0.1, 0.15) is 45.0 Å². The Labute approximate surface area is 193 Å². The lowest BCUT2D eigenvalue weighted by molar-refractivity contribution is 0.102. The predicted molar refractivity (Wildman–Crippen MR) is 126 cm³/mol. The molecule has 2 aromatic carbocycles. The first-order valence-corrected chi connectivity index (χ1v) is 11.8. The first-order chi connectivity index (χ1) is 14.8. The van der Waals surface area contributed by atoms with Crippen LogP contribution in [-0.2, 0) is 14.8 Å². The molecule has 0 spiro atoms. The number of sulfonamides is 1. The van der Waals surface area contributed by atoms with Gasteiger partial charge in [0.05, 0.1) is 11.6 Å². The number of hydrogen-bond donors (Lipinski definition) is 3. The average molecular weight is 482 g/mol. The minimum absolute atomic E-state index is 0.00408. The van der Waals surface area contributed by atoms with Crippen LogP contribution in [0.4, 0.5) is 16.2 Å². The maximum Gasteiger partial charge on any atom is 0.411 e. The van der Waals surface area contributed by atoms with Crippen LogP contribution in [0.5, 0.6) is 0 Å². The Morgan fingerprint density at radius 3 is 2.25 bits per heavy atom. The summed E-state index contributed by atoms with van der Waals surface area (Å²) in [4.78, 5) is 24.4. The molecule has 174 valence electrons. The molecule has 8 nitrogen and oxygen atoms in total. The Kier molecular flexibility index (Phi) is 8.28. The van der Waals surface area contributed by atoms with Crippen molar-refractivity contribution in [1.29, 1.82) is 0 Å². The van der Waals surface area contributed by atoms with Gasteiger partial charge in [-0.15, -0.1) is 0 Å². The normalized spacial score (nSPS) is 11.8. The minimum atomic E-state index is -3.93. The molecule has 0 aromatic heterocycles. The van der Waals surface area contributed by atoms with Crippen LogP contribution in [0.2, 0.25) is 5.02 Å². The summed E-state index contributed by atoms with van der Waals surface area (Å²) in [6, 6.07) is 10.5. The van der Waals surface area contributed by atoms with E-state index < -0.39 is 27.6 Å². The van der Waals surface area contributed by atoms with Gasteiger partial charge in [-0.2, -0.15) is 0 Å². The molecule has 0 saturated heterocycles. The highest BCUT2D eigenvalue weighted by Gasteiger charge is 2.25. The van der Waals surface area contributed by atoms with Gasteiger partial charge in [-0.3, -0.25) is 10.1 Å². The Morgan fingerprint density at radius 1 is 1.03 bits per heavy atom. The van der Waals surface area contributed by atoms with Crippen molar-refractivity contribution in [2.45, 2.75) is 45.1 Å². The van der Waals surface area contributed by atoms with E-state index in [-0.39, 0.29) is 28.0 Å². The second kappa shape index (κ2) is 10.3. The molecule has 32 heavy (non-hydrogen) atoms. The summed E-state index contributed by atoms with van der Waals surface area (Å²) in [5.74, 6) is -0.327. The summed E-state index contributed by atoms with van der Waals surface area (Å²) in [7, 11) is -3.93. The summed E-state index contributed by atoms with van der Waals surface area (Å²) in [6.45, 7) is 9.25. The zero-order valence-electron chi connectivity index (χ0n) is 18.7. The molecule has 0 fully saturated rings. The van der Waals surface area contributed by atoms with E-state index in [1.54, 1.807) is 45.0 Å². The molecule has 0 saturated carbocycles. The van der Waals surface area contributed by atoms with Crippen molar-refractivity contribution in [2.75, 3.05) is 17.2 Å². The van der Waals surface area contributed by atoms with E-state index in [0.29, 0.717) is 11.4 Å². The smallest absolute Gasteiger partial charge is 0.411 e. The highest BCUT2D eigenvalue weighted by Crippen LogP contribution is 2.25. The molecule has 0 bridgehead atoms. The monoisotopic (exact) mass is 481 g/mol. The topological polar surface area (TPSA) is 114 Å². The summed E-state index contributed by atoms with van der Waals surface area (Å²) in [5.41, 5.74) is 0.233. The van der Waals surface area contributed by atoms with Gasteiger partial charge >= 0.3 is 6.09 Å². The van der Waals surface area contributed by atoms with E-state index >= 15 is 0 Å². The number of halogens is 1. The summed E-state index contributed by atoms with van der Waals surface area (Å²) in [6.07, 6.45) is -0.596. The maximum absolute atomic E-state index is 12.7. The van der Waals surface area contributed by atoms with Crippen LogP contribution in [-0.4, -0.2) is 32.6 Å². The lowest BCUT2D eigenvalue weighted by Gasteiger charge is -2.21. The molecular weight excluding hydrogens is 454 g/mol. The van der Waals surface area contributed by atoms with Crippen molar-refractivity contribution in [2.24, 2.45) is 5.92 Å². The van der Waals surface area contributed by atoms with Gasteiger partial charge in [-0.05, 0) is 63.1 Å². The van der Waals surface area contributed by atoms with Gasteiger partial charge in [0, 0.05) is 22.5 Å². The molecule has 0 radical (unpaired) electrons. The van der Waals surface area contributed by atoms with Gasteiger partial charge in [0.25, 0.3) is 5.91 Å². The van der Waals surface area contributed by atoms with Crippen molar-refractivity contribution in [3.8, 4) is 0 Å². The molecule has 0 aliphatic rings. The van der Waals surface area contributed by atoms with Crippen molar-refractivity contribution in [3.05, 3.63) is 53.1 Å². The predicted octanol–water partition coefficient (Wildman–Crippen LogP) is 4.87. The Balaban J connectivity index is 2.17. The quantitative estimate of drug-likeness (QED) is 0.521. The van der Waals surface area contributed by atoms with E-state index in [0.717, 1.165) is 0 Å². The van der Waals surface area contributed by atoms with Gasteiger partial charge in [0.1, 0.15) is 4.90 Å². The summed E-state index contributed by atoms with van der Waals surface area (Å²) < 4.78 is 32.9. The largest absolute Gasteiger partial charge is 0.449 e. The SMILES string of the molecule is CC(C)COC(=O)Nc1cccc(NC(=O)c2ccc(Cl)c(S(=O)(=O)NC(C)(C)C)c2)c1. The third-order valence-corrected chi connectivity index (χ3v) is 6.08. The number of benzene rings is 2. The van der Waals surface area contributed by atoms with E-state index in [1.807, 2.05) is 13.8 Å². The van der Waals surface area contributed by atoms with E-state index in [9.17, 15) is 18.0 Å². The van der Waals surface area contributed by atoms with Crippen LogP contribution in [0, 0.1) is 5.92 Å². The number of anilines is 2. The Hall–Kier alpha value is -2.62. The van der Waals surface area contributed by atoms with Gasteiger partial charge < -0.3 is 10.1 Å². The fourth-order valence-corrected chi connectivity index (χ4v) is 4.53. The molecule has 10 heteroatoms. The molecule has 3 N–H and O–H groups in total. The molecule has 2 aromatic rings. The molecular formula is C22H28ClN3O5S. The van der Waals surface area contributed by atoms with Gasteiger partial charge in [0.2, 0.25) is 10.0 Å². The van der Waals surface area contributed by atoms with E-state index in [4.69, 9.17) is 16.3 Å². The molecule has 2 amide bonds. The fraction of sp³-hybridized carbons (Fsp3) is 0.364. The lowest BCUT2D eigenvalue weighted by Crippen LogP contribution is -2.40. The van der Waals surface area contributed by atoms with Gasteiger partial charge in [-0.1, -0.05) is 31.5 Å². The van der Waals surface area contributed by atoms with Gasteiger partial charge in [-0.25, -0.2) is 17.9 Å². The molecule has 2 rings (SSSR count). The van der Waals surface area contributed by atoms with E-state index in [2.05, 4.69) is 15.4 Å². The molecule has 0 aliphatic heterocycles. The van der Waals surface area contributed by atoms with Crippen molar-refractivity contribution >= 4 is 45.0 Å². The van der Waals surface area contributed by atoms with Crippen LogP contribution in [0.3, 0.4) is 0 Å². The number of rotatable bonds is 7. The zero-order valence-corrected chi connectivity index (χ0v) is 20.2. The average Bonchev–Trinajstić information content (AvgIpc) is 2.65. The minimum Gasteiger partial charge on any atom is -0.449 e. The van der Waals surface area contributed by atoms with Crippen LogP contribution in [0.25, 0.3) is 0 Å². The maximum atomic E-state index is 12.7. The fourth-order valence-electron chi connectivity index (χ4n) is 2.58. The first kappa shape index (κ1) is 25.6. The lowest BCUT2D eigenvalue weighted by atomic mass is 10.1. The standard InChI is InChI=1S/C22H28ClN3O5S/c1-14(2)13-31-21(28)25-17-8-6-7-16(12-17)24-20(27)15-9-10-18(23)19(11-15)32(29,30)26-22(3,4)5/h6-12,14,26H,13H2,1-5H3,(H,24,27)(H,25,28). The van der Waals surface area contributed by atoms with Crippen LogP contribution >= 0.6 is 11.6 Å². The Morgan fingerprint density at radius 2 is 1.66 bits per heavy atom. The highest BCUT2D eigenvalue weighted by molar-refractivity contribution is 7.89. The Bertz CT molecular complexity index is 1090. The second-order valence-electron chi connectivity index (χ2n) is 8.65. The van der Waals surface area contributed by atoms with Crippen molar-refractivity contribution in [1.82, 2.24) is 4.72 Å². The number of carbonyl (C=O) groups is 2.